The Labute approximate surface area is 180 Å². The zero-order valence-electron chi connectivity index (χ0n) is 17.5. The maximum atomic E-state index is 4.92. The van der Waals surface area contributed by atoms with Crippen molar-refractivity contribution in [2.45, 2.75) is 32.2 Å². The van der Waals surface area contributed by atoms with E-state index in [1.165, 1.54) is 17.1 Å². The first-order valence-corrected chi connectivity index (χ1v) is 11.1. The smallest absolute Gasteiger partial charge is 0.175 e. The third kappa shape index (κ3) is 3.59. The van der Waals surface area contributed by atoms with Crippen LogP contribution in [0.5, 0.6) is 0 Å². The monoisotopic (exact) mass is 422 g/mol. The lowest BCUT2D eigenvalue weighted by Crippen LogP contribution is -2.45. The first-order chi connectivity index (χ1) is 14.6. The summed E-state index contributed by atoms with van der Waals surface area (Å²) in [7, 11) is 1.95. The largest absolute Gasteiger partial charge is 0.336 e. The standard InChI is InChI=1S/C21H26N8S/c1-13(2)16-7-19(30-27-16)26-20-21-23-10-18(15-9-24-28(3)11-15)29(21)12-17(25-20)14-5-4-6-22-8-14/h5,7,9,11-13,18,22H,4,6,8,10H2,1-3H3,(H,25,26). The fourth-order valence-electron chi connectivity index (χ4n) is 3.88. The van der Waals surface area contributed by atoms with E-state index in [0.717, 1.165) is 53.1 Å². The van der Waals surface area contributed by atoms with Crippen LogP contribution in [0.15, 0.2) is 52.0 Å². The summed E-state index contributed by atoms with van der Waals surface area (Å²) in [4.78, 5) is 12.0. The van der Waals surface area contributed by atoms with Crippen LogP contribution >= 0.6 is 11.5 Å². The SMILES string of the molecule is CC(C)c1cc(N=C2NC(C3=CCCNC3)=CN3C2=NCC3c2cnn(C)c2)sn1. The number of aliphatic imine (C=N–C) groups is 2. The lowest BCUT2D eigenvalue weighted by atomic mass is 10.1. The van der Waals surface area contributed by atoms with Crippen molar-refractivity contribution in [1.82, 2.24) is 29.7 Å². The van der Waals surface area contributed by atoms with Crippen molar-refractivity contribution in [3.63, 3.8) is 0 Å². The molecule has 0 aliphatic carbocycles. The van der Waals surface area contributed by atoms with Gasteiger partial charge in [0.2, 0.25) is 0 Å². The molecule has 9 heteroatoms. The highest BCUT2D eigenvalue weighted by Crippen LogP contribution is 2.32. The number of fused-ring (bicyclic) bond motifs is 1. The van der Waals surface area contributed by atoms with Crippen molar-refractivity contribution in [2.24, 2.45) is 17.0 Å². The van der Waals surface area contributed by atoms with Crippen LogP contribution in [0.2, 0.25) is 0 Å². The highest BCUT2D eigenvalue weighted by molar-refractivity contribution is 7.10. The van der Waals surface area contributed by atoms with Gasteiger partial charge in [-0.15, -0.1) is 0 Å². The fourth-order valence-corrected chi connectivity index (χ4v) is 4.64. The van der Waals surface area contributed by atoms with Crippen LogP contribution < -0.4 is 10.6 Å². The Bertz CT molecular complexity index is 1070. The molecule has 0 bridgehead atoms. The van der Waals surface area contributed by atoms with Gasteiger partial charge in [0, 0.05) is 31.6 Å². The molecule has 0 saturated carbocycles. The predicted octanol–water partition coefficient (Wildman–Crippen LogP) is 2.85. The Morgan fingerprint density at radius 1 is 1.33 bits per heavy atom. The van der Waals surface area contributed by atoms with Crippen molar-refractivity contribution in [1.29, 1.82) is 0 Å². The quantitative estimate of drug-likeness (QED) is 0.792. The number of aryl methyl sites for hydroxylation is 1. The number of amidine groups is 2. The molecule has 2 aromatic heterocycles. The Morgan fingerprint density at radius 3 is 2.93 bits per heavy atom. The van der Waals surface area contributed by atoms with E-state index in [4.69, 9.17) is 9.98 Å². The summed E-state index contributed by atoms with van der Waals surface area (Å²) in [6, 6.07) is 2.20. The predicted molar refractivity (Wildman–Crippen MR) is 120 cm³/mol. The molecule has 0 aromatic carbocycles. The van der Waals surface area contributed by atoms with Crippen LogP contribution in [0.25, 0.3) is 0 Å². The summed E-state index contributed by atoms with van der Waals surface area (Å²) in [6.45, 7) is 6.85. The molecule has 8 nitrogen and oxygen atoms in total. The molecule has 3 aliphatic rings. The van der Waals surface area contributed by atoms with Gasteiger partial charge in [0.1, 0.15) is 5.00 Å². The van der Waals surface area contributed by atoms with Crippen molar-refractivity contribution >= 4 is 28.2 Å². The zero-order chi connectivity index (χ0) is 20.7. The van der Waals surface area contributed by atoms with E-state index >= 15 is 0 Å². The lowest BCUT2D eigenvalue weighted by Gasteiger charge is -2.32. The molecule has 0 amide bonds. The Balaban J connectivity index is 1.53. The normalized spacial score (nSPS) is 22.7. The number of hydrogen-bond acceptors (Lipinski definition) is 7. The molecule has 2 aromatic rings. The lowest BCUT2D eigenvalue weighted by molar-refractivity contribution is 0.451. The van der Waals surface area contributed by atoms with E-state index in [9.17, 15) is 0 Å². The van der Waals surface area contributed by atoms with Gasteiger partial charge in [-0.2, -0.15) is 9.47 Å². The number of hydrogen-bond donors (Lipinski definition) is 2. The third-order valence-corrected chi connectivity index (χ3v) is 6.24. The number of nitrogens with one attached hydrogen (secondary N) is 2. The van der Waals surface area contributed by atoms with E-state index in [1.807, 2.05) is 17.9 Å². The molecule has 5 rings (SSSR count). The third-order valence-electron chi connectivity index (χ3n) is 5.54. The average Bonchev–Trinajstić information content (AvgIpc) is 3.48. The fraction of sp³-hybridized carbons (Fsp3) is 0.429. The molecule has 30 heavy (non-hydrogen) atoms. The molecule has 0 saturated heterocycles. The minimum absolute atomic E-state index is 0.126. The van der Waals surface area contributed by atoms with Crippen LogP contribution in [0.1, 0.15) is 43.5 Å². The molecule has 0 spiro atoms. The van der Waals surface area contributed by atoms with Gasteiger partial charge in [-0.3, -0.25) is 9.67 Å². The first kappa shape index (κ1) is 19.2. The van der Waals surface area contributed by atoms with Gasteiger partial charge in [-0.05, 0) is 42.1 Å². The molecule has 0 radical (unpaired) electrons. The Hall–Kier alpha value is -2.78. The van der Waals surface area contributed by atoms with Crippen LogP contribution in [-0.2, 0) is 7.05 Å². The molecule has 3 aliphatic heterocycles. The van der Waals surface area contributed by atoms with E-state index < -0.39 is 0 Å². The minimum atomic E-state index is 0.126. The van der Waals surface area contributed by atoms with Gasteiger partial charge in [-0.25, -0.2) is 4.99 Å². The number of nitrogens with zero attached hydrogens (tertiary/aromatic N) is 6. The second-order valence-corrected chi connectivity index (χ2v) is 8.89. The molecule has 5 heterocycles. The number of rotatable bonds is 4. The maximum Gasteiger partial charge on any atom is 0.175 e. The van der Waals surface area contributed by atoms with Crippen molar-refractivity contribution < 1.29 is 0 Å². The molecular weight excluding hydrogens is 396 g/mol. The summed E-state index contributed by atoms with van der Waals surface area (Å²) >= 11 is 1.43. The van der Waals surface area contributed by atoms with Gasteiger partial charge < -0.3 is 15.5 Å². The highest BCUT2D eigenvalue weighted by Gasteiger charge is 2.35. The second kappa shape index (κ2) is 7.81. The minimum Gasteiger partial charge on any atom is -0.336 e. The topological polar surface area (TPSA) is 82.7 Å². The summed E-state index contributed by atoms with van der Waals surface area (Å²) < 4.78 is 6.39. The Kier molecular flexibility index (Phi) is 5.00. The first-order valence-electron chi connectivity index (χ1n) is 10.3. The van der Waals surface area contributed by atoms with Crippen LogP contribution in [0.3, 0.4) is 0 Å². The summed E-state index contributed by atoms with van der Waals surface area (Å²) in [5.74, 6) is 2.04. The van der Waals surface area contributed by atoms with E-state index in [-0.39, 0.29) is 6.04 Å². The second-order valence-electron chi connectivity index (χ2n) is 8.10. The van der Waals surface area contributed by atoms with Crippen molar-refractivity contribution in [3.8, 4) is 0 Å². The molecule has 156 valence electrons. The van der Waals surface area contributed by atoms with E-state index in [2.05, 4.69) is 63.4 Å². The summed E-state index contributed by atoms with van der Waals surface area (Å²) in [6.07, 6.45) is 9.49. The molecule has 2 N–H and O–H groups in total. The summed E-state index contributed by atoms with van der Waals surface area (Å²) in [5.41, 5.74) is 4.56. The maximum absolute atomic E-state index is 4.92. The van der Waals surface area contributed by atoms with E-state index in [1.54, 1.807) is 0 Å². The van der Waals surface area contributed by atoms with Gasteiger partial charge in [-0.1, -0.05) is 19.9 Å². The van der Waals surface area contributed by atoms with Crippen LogP contribution in [0.4, 0.5) is 5.00 Å². The zero-order valence-corrected chi connectivity index (χ0v) is 18.3. The molecule has 0 fully saturated rings. The number of aromatic nitrogens is 3. The highest BCUT2D eigenvalue weighted by atomic mass is 32.1. The summed E-state index contributed by atoms with van der Waals surface area (Å²) in [5, 5.41) is 12.3. The van der Waals surface area contributed by atoms with Crippen LogP contribution in [-0.4, -0.2) is 50.4 Å². The van der Waals surface area contributed by atoms with Crippen molar-refractivity contribution in [2.75, 3.05) is 19.6 Å². The molecule has 1 unspecified atom stereocenters. The van der Waals surface area contributed by atoms with Crippen molar-refractivity contribution in [3.05, 3.63) is 53.3 Å². The Morgan fingerprint density at radius 2 is 2.23 bits per heavy atom. The van der Waals surface area contributed by atoms with Gasteiger partial charge in [0.15, 0.2) is 11.7 Å². The molecular formula is C21H26N8S. The average molecular weight is 423 g/mol. The van der Waals surface area contributed by atoms with Gasteiger partial charge in [0.05, 0.1) is 30.2 Å². The van der Waals surface area contributed by atoms with E-state index in [0.29, 0.717) is 12.5 Å². The van der Waals surface area contributed by atoms with Crippen LogP contribution in [0, 0.1) is 0 Å². The molecule has 1 atom stereocenters. The van der Waals surface area contributed by atoms with Gasteiger partial charge >= 0.3 is 0 Å². The van der Waals surface area contributed by atoms with Gasteiger partial charge in [0.25, 0.3) is 0 Å².